The average Bonchev–Trinajstić information content (AvgIpc) is 2.74. The summed E-state index contributed by atoms with van der Waals surface area (Å²) >= 11 is 5.94. The fourth-order valence-electron chi connectivity index (χ4n) is 3.21. The molecule has 1 heterocycles. The molecule has 148 valence electrons. The molecule has 0 radical (unpaired) electrons. The number of carbonyl (C=O) groups excluding carboxylic acids is 1. The summed E-state index contributed by atoms with van der Waals surface area (Å²) in [7, 11) is 1.57. The minimum absolute atomic E-state index is 0.0136. The van der Waals surface area contributed by atoms with E-state index in [0.29, 0.717) is 36.8 Å². The summed E-state index contributed by atoms with van der Waals surface area (Å²) in [6.07, 6.45) is 1.67. The lowest BCUT2D eigenvalue weighted by molar-refractivity contribution is 0.0628. The molecule has 0 spiro atoms. The van der Waals surface area contributed by atoms with Gasteiger partial charge in [-0.15, -0.1) is 0 Å². The zero-order valence-electron chi connectivity index (χ0n) is 16.1. The van der Waals surface area contributed by atoms with Crippen molar-refractivity contribution in [2.45, 2.75) is 6.54 Å². The van der Waals surface area contributed by atoms with Crippen molar-refractivity contribution < 1.29 is 14.3 Å². The number of hydrogen-bond donors (Lipinski definition) is 0. The Morgan fingerprint density at radius 2 is 1.82 bits per heavy atom. The van der Waals surface area contributed by atoms with E-state index in [-0.39, 0.29) is 5.91 Å². The van der Waals surface area contributed by atoms with Gasteiger partial charge in [0, 0.05) is 43.3 Å². The number of amides is 1. The van der Waals surface area contributed by atoms with Crippen LogP contribution in [0.4, 0.5) is 0 Å². The van der Waals surface area contributed by atoms with Gasteiger partial charge in [0.1, 0.15) is 6.61 Å². The van der Waals surface area contributed by atoms with Crippen molar-refractivity contribution in [3.8, 4) is 11.5 Å². The van der Waals surface area contributed by atoms with Gasteiger partial charge >= 0.3 is 0 Å². The molecule has 0 unspecified atom stereocenters. The van der Waals surface area contributed by atoms with Crippen LogP contribution in [0.15, 0.2) is 55.1 Å². The molecule has 28 heavy (non-hydrogen) atoms. The maximum absolute atomic E-state index is 12.9. The summed E-state index contributed by atoms with van der Waals surface area (Å²) in [6, 6.07) is 13.2. The predicted molar refractivity (Wildman–Crippen MR) is 111 cm³/mol. The van der Waals surface area contributed by atoms with E-state index in [4.69, 9.17) is 21.1 Å². The van der Waals surface area contributed by atoms with E-state index >= 15 is 0 Å². The van der Waals surface area contributed by atoms with E-state index in [9.17, 15) is 4.79 Å². The fraction of sp³-hybridized carbons (Fsp3) is 0.318. The molecular formula is C22H25ClN2O3. The van der Waals surface area contributed by atoms with Crippen LogP contribution < -0.4 is 9.47 Å². The maximum atomic E-state index is 12.9. The van der Waals surface area contributed by atoms with Crippen LogP contribution in [0.2, 0.25) is 5.02 Å². The monoisotopic (exact) mass is 400 g/mol. The predicted octanol–water partition coefficient (Wildman–Crippen LogP) is 3.87. The normalized spacial score (nSPS) is 14.6. The van der Waals surface area contributed by atoms with Crippen molar-refractivity contribution in [1.82, 2.24) is 9.80 Å². The first-order valence-electron chi connectivity index (χ1n) is 9.28. The van der Waals surface area contributed by atoms with E-state index in [1.165, 1.54) is 5.56 Å². The van der Waals surface area contributed by atoms with Crippen LogP contribution in [0.5, 0.6) is 11.5 Å². The van der Waals surface area contributed by atoms with Crippen LogP contribution in [0, 0.1) is 0 Å². The summed E-state index contributed by atoms with van der Waals surface area (Å²) < 4.78 is 10.9. The highest BCUT2D eigenvalue weighted by atomic mass is 35.5. The molecule has 1 aliphatic rings. The second-order valence-corrected chi connectivity index (χ2v) is 7.10. The van der Waals surface area contributed by atoms with Gasteiger partial charge in [-0.2, -0.15) is 0 Å². The number of ether oxygens (including phenoxy) is 2. The van der Waals surface area contributed by atoms with Gasteiger partial charge in [0.15, 0.2) is 11.5 Å². The first-order valence-corrected chi connectivity index (χ1v) is 9.66. The van der Waals surface area contributed by atoms with Crippen LogP contribution in [-0.2, 0) is 6.54 Å². The fourth-order valence-corrected chi connectivity index (χ4v) is 3.33. The van der Waals surface area contributed by atoms with Gasteiger partial charge in [-0.3, -0.25) is 9.69 Å². The Bertz CT molecular complexity index is 815. The Labute approximate surface area is 171 Å². The largest absolute Gasteiger partial charge is 0.493 e. The molecule has 1 amide bonds. The zero-order chi connectivity index (χ0) is 19.9. The molecule has 0 bridgehead atoms. The maximum Gasteiger partial charge on any atom is 0.254 e. The van der Waals surface area contributed by atoms with Crippen molar-refractivity contribution in [3.05, 3.63) is 71.3 Å². The Morgan fingerprint density at radius 3 is 2.46 bits per heavy atom. The van der Waals surface area contributed by atoms with Crippen LogP contribution in [-0.4, -0.2) is 55.6 Å². The third-order valence-corrected chi connectivity index (χ3v) is 5.00. The Morgan fingerprint density at radius 1 is 1.11 bits per heavy atom. The summed E-state index contributed by atoms with van der Waals surface area (Å²) in [5.41, 5.74) is 1.83. The summed E-state index contributed by atoms with van der Waals surface area (Å²) in [5, 5.41) is 0.746. The average molecular weight is 401 g/mol. The number of benzene rings is 2. The van der Waals surface area contributed by atoms with Gasteiger partial charge < -0.3 is 14.4 Å². The topological polar surface area (TPSA) is 42.0 Å². The molecule has 1 fully saturated rings. The lowest BCUT2D eigenvalue weighted by atomic mass is 10.1. The lowest BCUT2D eigenvalue weighted by Gasteiger charge is -2.34. The highest BCUT2D eigenvalue weighted by Crippen LogP contribution is 2.28. The molecule has 1 aliphatic heterocycles. The molecule has 3 rings (SSSR count). The zero-order valence-corrected chi connectivity index (χ0v) is 16.8. The number of carbonyl (C=O) groups is 1. The molecule has 2 aromatic carbocycles. The second kappa shape index (κ2) is 9.62. The van der Waals surface area contributed by atoms with E-state index in [0.717, 1.165) is 24.7 Å². The smallest absolute Gasteiger partial charge is 0.254 e. The number of methoxy groups -OCH3 is 1. The molecule has 0 aromatic heterocycles. The first-order chi connectivity index (χ1) is 13.6. The van der Waals surface area contributed by atoms with Crippen LogP contribution in [0.25, 0.3) is 0 Å². The summed E-state index contributed by atoms with van der Waals surface area (Å²) in [5.74, 6) is 1.17. The Balaban J connectivity index is 1.58. The number of nitrogens with zero attached hydrogens (tertiary/aromatic N) is 2. The van der Waals surface area contributed by atoms with Gasteiger partial charge in [0.2, 0.25) is 0 Å². The van der Waals surface area contributed by atoms with Crippen LogP contribution >= 0.6 is 11.6 Å². The highest BCUT2D eigenvalue weighted by Gasteiger charge is 2.23. The molecular weight excluding hydrogens is 376 g/mol. The molecule has 0 N–H and O–H groups in total. The molecule has 0 aliphatic carbocycles. The molecule has 6 heteroatoms. The number of halogens is 1. The molecule has 5 nitrogen and oxygen atoms in total. The third-order valence-electron chi connectivity index (χ3n) is 4.75. The van der Waals surface area contributed by atoms with E-state index in [1.807, 2.05) is 29.2 Å². The van der Waals surface area contributed by atoms with Gasteiger partial charge in [0.05, 0.1) is 7.11 Å². The van der Waals surface area contributed by atoms with Crippen molar-refractivity contribution in [3.63, 3.8) is 0 Å². The van der Waals surface area contributed by atoms with Crippen LogP contribution in [0.3, 0.4) is 0 Å². The number of rotatable bonds is 7. The van der Waals surface area contributed by atoms with E-state index in [2.05, 4.69) is 11.5 Å². The van der Waals surface area contributed by atoms with Gasteiger partial charge in [-0.1, -0.05) is 36.4 Å². The van der Waals surface area contributed by atoms with Gasteiger partial charge in [-0.25, -0.2) is 0 Å². The summed E-state index contributed by atoms with van der Waals surface area (Å²) in [4.78, 5) is 17.1. The third kappa shape index (κ3) is 5.06. The van der Waals surface area contributed by atoms with Gasteiger partial charge in [-0.05, 0) is 35.9 Å². The summed E-state index contributed by atoms with van der Waals surface area (Å²) in [6.45, 7) is 7.96. The van der Waals surface area contributed by atoms with Gasteiger partial charge in [0.25, 0.3) is 5.91 Å². The number of hydrogen-bond acceptors (Lipinski definition) is 4. The first kappa shape index (κ1) is 20.2. The SMILES string of the molecule is C=CCOc1ccc(C(=O)N2CCN(Cc3ccc(Cl)cc3)CC2)cc1OC. The van der Waals surface area contributed by atoms with Crippen molar-refractivity contribution in [2.75, 3.05) is 39.9 Å². The molecule has 1 saturated heterocycles. The minimum atomic E-state index is 0.0136. The highest BCUT2D eigenvalue weighted by molar-refractivity contribution is 6.30. The standard InChI is InChI=1S/C22H25ClN2O3/c1-3-14-28-20-9-6-18(15-21(20)27-2)22(26)25-12-10-24(11-13-25)16-17-4-7-19(23)8-5-17/h3-9,15H,1,10-14,16H2,2H3. The minimum Gasteiger partial charge on any atom is -0.493 e. The molecule has 2 aromatic rings. The second-order valence-electron chi connectivity index (χ2n) is 6.66. The molecule has 0 saturated carbocycles. The van der Waals surface area contributed by atoms with E-state index < -0.39 is 0 Å². The van der Waals surface area contributed by atoms with Crippen molar-refractivity contribution in [2.24, 2.45) is 0 Å². The van der Waals surface area contributed by atoms with E-state index in [1.54, 1.807) is 31.4 Å². The van der Waals surface area contributed by atoms with Crippen molar-refractivity contribution in [1.29, 1.82) is 0 Å². The number of piperazine rings is 1. The quantitative estimate of drug-likeness (QED) is 0.661. The Kier molecular flexibility index (Phi) is 6.95. The Hall–Kier alpha value is -2.50. The lowest BCUT2D eigenvalue weighted by Crippen LogP contribution is -2.48. The van der Waals surface area contributed by atoms with Crippen molar-refractivity contribution >= 4 is 17.5 Å². The van der Waals surface area contributed by atoms with Crippen LogP contribution in [0.1, 0.15) is 15.9 Å². The molecule has 0 atom stereocenters.